The van der Waals surface area contributed by atoms with E-state index in [9.17, 15) is 9.90 Å². The first-order valence-electron chi connectivity index (χ1n) is 6.27. The van der Waals surface area contributed by atoms with Gasteiger partial charge < -0.3 is 10.8 Å². The zero-order chi connectivity index (χ0) is 13.0. The van der Waals surface area contributed by atoms with Crippen molar-refractivity contribution >= 4 is 5.91 Å². The topological polar surface area (TPSA) is 66.6 Å². The Balaban J connectivity index is 2.14. The third kappa shape index (κ3) is 3.09. The lowest BCUT2D eigenvalue weighted by Crippen LogP contribution is -2.50. The Bertz CT molecular complexity index is 394. The summed E-state index contributed by atoms with van der Waals surface area (Å²) in [6, 6.07) is 9.30. The normalized spacial score (nSPS) is 25.6. The van der Waals surface area contributed by atoms with E-state index in [1.165, 1.54) is 0 Å². The van der Waals surface area contributed by atoms with E-state index in [1.54, 1.807) is 6.42 Å². The standard InChI is InChI=1S/C14H19N2O2/c15-14(18)13-12(17)8-4-5-9-16(13)10-11-6-2-1-3-7-11/h1-3,6-8,12-13,17H,4-5,9-10H2,(H2,15,18). The molecule has 1 radical (unpaired) electrons. The highest BCUT2D eigenvalue weighted by Crippen LogP contribution is 2.19. The predicted octanol–water partition coefficient (Wildman–Crippen LogP) is 0.701. The van der Waals surface area contributed by atoms with E-state index < -0.39 is 18.1 Å². The first-order valence-corrected chi connectivity index (χ1v) is 6.27. The van der Waals surface area contributed by atoms with E-state index in [2.05, 4.69) is 0 Å². The lowest BCUT2D eigenvalue weighted by molar-refractivity contribution is -0.126. The Morgan fingerprint density at radius 2 is 2.11 bits per heavy atom. The average Bonchev–Trinajstić information content (AvgIpc) is 2.52. The molecule has 0 spiro atoms. The number of rotatable bonds is 3. The second kappa shape index (κ2) is 5.98. The van der Waals surface area contributed by atoms with E-state index in [-0.39, 0.29) is 0 Å². The van der Waals surface area contributed by atoms with Gasteiger partial charge in [-0.25, -0.2) is 0 Å². The third-order valence-corrected chi connectivity index (χ3v) is 3.29. The van der Waals surface area contributed by atoms with Crippen molar-refractivity contribution in [3.05, 3.63) is 42.3 Å². The molecular weight excluding hydrogens is 228 g/mol. The summed E-state index contributed by atoms with van der Waals surface area (Å²) >= 11 is 0. The minimum Gasteiger partial charge on any atom is -0.391 e. The van der Waals surface area contributed by atoms with Gasteiger partial charge in [0.25, 0.3) is 0 Å². The van der Waals surface area contributed by atoms with Crippen LogP contribution in [-0.4, -0.2) is 34.6 Å². The molecule has 1 aromatic rings. The van der Waals surface area contributed by atoms with E-state index in [1.807, 2.05) is 35.2 Å². The van der Waals surface area contributed by atoms with E-state index in [4.69, 9.17) is 5.73 Å². The van der Waals surface area contributed by atoms with E-state index >= 15 is 0 Å². The summed E-state index contributed by atoms with van der Waals surface area (Å²) in [4.78, 5) is 13.5. The Morgan fingerprint density at radius 3 is 2.78 bits per heavy atom. The Labute approximate surface area is 107 Å². The molecule has 1 saturated heterocycles. The van der Waals surface area contributed by atoms with Gasteiger partial charge in [-0.2, -0.15) is 0 Å². The highest BCUT2D eigenvalue weighted by atomic mass is 16.3. The maximum absolute atomic E-state index is 11.5. The average molecular weight is 247 g/mol. The molecule has 0 aromatic heterocycles. The second-order valence-corrected chi connectivity index (χ2v) is 4.67. The molecule has 18 heavy (non-hydrogen) atoms. The maximum atomic E-state index is 11.5. The Kier molecular flexibility index (Phi) is 4.33. The van der Waals surface area contributed by atoms with Gasteiger partial charge in [0.05, 0.1) is 6.10 Å². The predicted molar refractivity (Wildman–Crippen MR) is 69.4 cm³/mol. The van der Waals surface area contributed by atoms with Crippen molar-refractivity contribution in [1.82, 2.24) is 4.90 Å². The van der Waals surface area contributed by atoms with Gasteiger partial charge in [0.15, 0.2) is 0 Å². The van der Waals surface area contributed by atoms with Crippen molar-refractivity contribution in [2.45, 2.75) is 31.5 Å². The van der Waals surface area contributed by atoms with E-state index in [0.29, 0.717) is 6.54 Å². The molecule has 1 amide bonds. The lowest BCUT2D eigenvalue weighted by atomic mass is 10.1. The van der Waals surface area contributed by atoms with Gasteiger partial charge in [0.2, 0.25) is 5.91 Å². The number of carbonyl (C=O) groups excluding carboxylic acids is 1. The lowest BCUT2D eigenvalue weighted by Gasteiger charge is -2.30. The summed E-state index contributed by atoms with van der Waals surface area (Å²) in [5, 5.41) is 9.97. The summed E-state index contributed by atoms with van der Waals surface area (Å²) in [6.07, 6.45) is 2.76. The van der Waals surface area contributed by atoms with Crippen LogP contribution in [0.1, 0.15) is 18.4 Å². The van der Waals surface area contributed by atoms with Crippen molar-refractivity contribution in [1.29, 1.82) is 0 Å². The van der Waals surface area contributed by atoms with Crippen molar-refractivity contribution in [2.75, 3.05) is 6.54 Å². The minimum absolute atomic E-state index is 0.461. The highest BCUT2D eigenvalue weighted by Gasteiger charge is 2.32. The van der Waals surface area contributed by atoms with Crippen LogP contribution in [0.15, 0.2) is 30.3 Å². The molecule has 1 fully saturated rings. The summed E-state index contributed by atoms with van der Waals surface area (Å²) in [5.74, 6) is -0.461. The number of primary amides is 1. The van der Waals surface area contributed by atoms with Gasteiger partial charge >= 0.3 is 0 Å². The Hall–Kier alpha value is -1.39. The number of nitrogens with two attached hydrogens (primary N) is 1. The van der Waals surface area contributed by atoms with Crippen LogP contribution in [0.3, 0.4) is 0 Å². The zero-order valence-electron chi connectivity index (χ0n) is 10.3. The first kappa shape index (κ1) is 13.1. The summed E-state index contributed by atoms with van der Waals surface area (Å²) in [7, 11) is 0. The first-order chi connectivity index (χ1) is 8.68. The molecule has 1 aliphatic rings. The monoisotopic (exact) mass is 247 g/mol. The number of hydrogen-bond donors (Lipinski definition) is 2. The van der Waals surface area contributed by atoms with Crippen molar-refractivity contribution in [3.8, 4) is 0 Å². The van der Waals surface area contributed by atoms with E-state index in [0.717, 1.165) is 24.9 Å². The van der Waals surface area contributed by atoms with Crippen LogP contribution >= 0.6 is 0 Å². The molecule has 2 rings (SSSR count). The van der Waals surface area contributed by atoms with Gasteiger partial charge in [-0.1, -0.05) is 30.3 Å². The quantitative estimate of drug-likeness (QED) is 0.826. The van der Waals surface area contributed by atoms with Gasteiger partial charge in [0, 0.05) is 6.54 Å². The molecule has 0 bridgehead atoms. The maximum Gasteiger partial charge on any atom is 0.237 e. The molecule has 3 N–H and O–H groups in total. The number of carbonyl (C=O) groups is 1. The fourth-order valence-corrected chi connectivity index (χ4v) is 2.41. The van der Waals surface area contributed by atoms with Crippen LogP contribution < -0.4 is 5.73 Å². The molecule has 2 unspecified atom stereocenters. The minimum atomic E-state index is -0.770. The van der Waals surface area contributed by atoms with Gasteiger partial charge in [0.1, 0.15) is 6.04 Å². The number of aliphatic hydroxyl groups excluding tert-OH is 1. The second-order valence-electron chi connectivity index (χ2n) is 4.67. The molecule has 1 aliphatic heterocycles. The van der Waals surface area contributed by atoms with Gasteiger partial charge in [-0.05, 0) is 31.4 Å². The fraction of sp³-hybridized carbons (Fsp3) is 0.429. The number of benzene rings is 1. The van der Waals surface area contributed by atoms with Crippen LogP contribution in [0.25, 0.3) is 0 Å². The summed E-state index contributed by atoms with van der Waals surface area (Å²) < 4.78 is 0. The van der Waals surface area contributed by atoms with Crippen LogP contribution in [0.5, 0.6) is 0 Å². The molecule has 1 aromatic carbocycles. The van der Waals surface area contributed by atoms with Crippen molar-refractivity contribution in [2.24, 2.45) is 5.73 Å². The summed E-state index contributed by atoms with van der Waals surface area (Å²) in [5.41, 5.74) is 6.53. The molecule has 1 heterocycles. The highest BCUT2D eigenvalue weighted by molar-refractivity contribution is 5.80. The molecular formula is C14H19N2O2. The van der Waals surface area contributed by atoms with Crippen LogP contribution in [0.2, 0.25) is 0 Å². The number of amides is 1. The molecule has 0 aliphatic carbocycles. The molecule has 97 valence electrons. The molecule has 4 heteroatoms. The van der Waals surface area contributed by atoms with Crippen molar-refractivity contribution < 1.29 is 9.90 Å². The molecule has 4 nitrogen and oxygen atoms in total. The Morgan fingerprint density at radius 1 is 1.39 bits per heavy atom. The largest absolute Gasteiger partial charge is 0.391 e. The van der Waals surface area contributed by atoms with Crippen molar-refractivity contribution in [3.63, 3.8) is 0 Å². The third-order valence-electron chi connectivity index (χ3n) is 3.29. The van der Waals surface area contributed by atoms with Gasteiger partial charge in [-0.15, -0.1) is 0 Å². The number of likely N-dealkylation sites (tertiary alicyclic amines) is 1. The van der Waals surface area contributed by atoms with Crippen LogP contribution in [0.4, 0.5) is 0 Å². The number of aliphatic hydroxyl groups is 1. The number of hydrogen-bond acceptors (Lipinski definition) is 3. The summed E-state index contributed by atoms with van der Waals surface area (Å²) in [6.45, 7) is 1.41. The zero-order valence-corrected chi connectivity index (χ0v) is 10.3. The van der Waals surface area contributed by atoms with Crippen LogP contribution in [-0.2, 0) is 11.3 Å². The van der Waals surface area contributed by atoms with Crippen LogP contribution in [0, 0.1) is 6.42 Å². The SMILES string of the molecule is NC(=O)C1C(O)[CH]CCCN1Cc1ccccc1. The van der Waals surface area contributed by atoms with Gasteiger partial charge in [-0.3, -0.25) is 9.69 Å². The fourth-order valence-electron chi connectivity index (χ4n) is 2.41. The molecule has 2 atom stereocenters. The number of nitrogens with zero attached hydrogens (tertiary/aromatic N) is 1. The molecule has 0 saturated carbocycles. The smallest absolute Gasteiger partial charge is 0.237 e.